The number of benzene rings is 2. The van der Waals surface area contributed by atoms with Crippen molar-refractivity contribution in [3.8, 4) is 17.2 Å². The van der Waals surface area contributed by atoms with Crippen LogP contribution in [0.1, 0.15) is 45.6 Å². The number of aryl methyl sites for hydroxylation is 1. The number of nitrogens with zero attached hydrogens (tertiary/aromatic N) is 2. The van der Waals surface area contributed by atoms with Crippen molar-refractivity contribution < 1.29 is 23.5 Å². The van der Waals surface area contributed by atoms with Crippen LogP contribution in [0.5, 0.6) is 0 Å². The van der Waals surface area contributed by atoms with Crippen LogP contribution >= 0.6 is 0 Å². The third-order valence-corrected chi connectivity index (χ3v) is 6.53. The molecule has 0 radical (unpaired) electrons. The summed E-state index contributed by atoms with van der Waals surface area (Å²) in [6.45, 7) is 5.88. The Hall–Kier alpha value is -4.10. The van der Waals surface area contributed by atoms with Crippen LogP contribution in [0.2, 0.25) is 0 Å². The van der Waals surface area contributed by atoms with Gasteiger partial charge in [-0.05, 0) is 62.4 Å². The van der Waals surface area contributed by atoms with E-state index in [1.54, 1.807) is 33.9 Å². The van der Waals surface area contributed by atoms with Gasteiger partial charge >= 0.3 is 11.8 Å². The molecule has 1 fully saturated rings. The van der Waals surface area contributed by atoms with E-state index in [1.165, 1.54) is 4.57 Å². The highest BCUT2D eigenvalue weighted by molar-refractivity contribution is 5.81. The van der Waals surface area contributed by atoms with E-state index >= 15 is 0 Å². The zero-order valence-corrected chi connectivity index (χ0v) is 22.7. The predicted octanol–water partition coefficient (Wildman–Crippen LogP) is 3.81. The fourth-order valence-electron chi connectivity index (χ4n) is 4.61. The fraction of sp³-hybridized carbons (Fsp3) is 0.448. The van der Waals surface area contributed by atoms with Crippen molar-refractivity contribution in [3.05, 3.63) is 58.6 Å². The number of carbonyl (C=O) groups is 2. The lowest BCUT2D eigenvalue weighted by Crippen LogP contribution is -2.48. The molecule has 4 rings (SSSR count). The Morgan fingerprint density at radius 2 is 1.87 bits per heavy atom. The van der Waals surface area contributed by atoms with Crippen LogP contribution in [0.25, 0.3) is 22.2 Å². The maximum Gasteiger partial charge on any atom is 0.419 e. The van der Waals surface area contributed by atoms with Gasteiger partial charge in [-0.15, -0.1) is 0 Å². The Morgan fingerprint density at radius 1 is 1.15 bits per heavy atom. The summed E-state index contributed by atoms with van der Waals surface area (Å²) in [4.78, 5) is 37.0. The highest BCUT2D eigenvalue weighted by Gasteiger charge is 2.31. The number of aromatic nitrogens is 1. The second-order valence-corrected chi connectivity index (χ2v) is 10.8. The quantitative estimate of drug-likeness (QED) is 0.449. The van der Waals surface area contributed by atoms with E-state index in [9.17, 15) is 19.6 Å². The van der Waals surface area contributed by atoms with Crippen LogP contribution < -0.4 is 16.4 Å². The molecule has 2 aromatic carbocycles. The molecule has 0 aliphatic carbocycles. The molecule has 0 saturated carbocycles. The first-order valence-electron chi connectivity index (χ1n) is 13.0. The summed E-state index contributed by atoms with van der Waals surface area (Å²) in [7, 11) is 1.66. The number of carbonyl (C=O) groups excluding carboxylic acids is 2. The number of nitriles is 1. The van der Waals surface area contributed by atoms with Gasteiger partial charge in [-0.3, -0.25) is 9.36 Å². The Morgan fingerprint density at radius 3 is 2.51 bits per heavy atom. The van der Waals surface area contributed by atoms with Gasteiger partial charge in [0.05, 0.1) is 23.7 Å². The average Bonchev–Trinajstić information content (AvgIpc) is 3.51. The summed E-state index contributed by atoms with van der Waals surface area (Å²) in [6.07, 6.45) is 0.971. The summed E-state index contributed by atoms with van der Waals surface area (Å²) in [5.74, 6) is -0.765. The van der Waals surface area contributed by atoms with Crippen LogP contribution in [0.3, 0.4) is 0 Å². The van der Waals surface area contributed by atoms with E-state index in [2.05, 4.69) is 16.7 Å². The van der Waals surface area contributed by atoms with E-state index in [4.69, 9.17) is 13.9 Å². The Bertz CT molecular complexity index is 1420. The third kappa shape index (κ3) is 7.27. The molecule has 1 unspecified atom stereocenters. The van der Waals surface area contributed by atoms with Crippen LogP contribution in [0.4, 0.5) is 4.79 Å². The van der Waals surface area contributed by atoms with E-state index in [-0.39, 0.29) is 18.4 Å². The van der Waals surface area contributed by atoms with Crippen molar-refractivity contribution in [2.45, 2.75) is 70.2 Å². The van der Waals surface area contributed by atoms with Crippen molar-refractivity contribution in [1.82, 2.24) is 15.2 Å². The number of hydrogen-bond donors (Lipinski definition) is 2. The molecule has 1 aliphatic rings. The lowest BCUT2D eigenvalue weighted by molar-refractivity contribution is -0.122. The number of nitrogens with one attached hydrogen (secondary N) is 2. The average molecular weight is 535 g/mol. The molecule has 1 aromatic heterocycles. The molecule has 1 saturated heterocycles. The summed E-state index contributed by atoms with van der Waals surface area (Å²) in [6, 6.07) is 14.1. The molecule has 3 aromatic rings. The maximum atomic E-state index is 12.9. The van der Waals surface area contributed by atoms with E-state index in [1.807, 2.05) is 36.4 Å². The van der Waals surface area contributed by atoms with Crippen molar-refractivity contribution >= 4 is 23.1 Å². The minimum atomic E-state index is -0.744. The first-order valence-corrected chi connectivity index (χ1v) is 13.0. The molecule has 1 aliphatic heterocycles. The summed E-state index contributed by atoms with van der Waals surface area (Å²) in [5, 5.41) is 15.2. The molecule has 10 nitrogen and oxygen atoms in total. The zero-order valence-electron chi connectivity index (χ0n) is 22.7. The number of fused-ring (bicyclic) bond motifs is 1. The maximum absolute atomic E-state index is 12.9. The largest absolute Gasteiger partial charge is 0.444 e. The first kappa shape index (κ1) is 27.9. The summed E-state index contributed by atoms with van der Waals surface area (Å²) >= 11 is 0. The van der Waals surface area contributed by atoms with Gasteiger partial charge in [-0.25, -0.2) is 9.59 Å². The molecular weight excluding hydrogens is 500 g/mol. The summed E-state index contributed by atoms with van der Waals surface area (Å²) in [5.41, 5.74) is 3.31. The van der Waals surface area contributed by atoms with Gasteiger partial charge in [0.25, 0.3) is 0 Å². The standard InChI is InChI=1S/C29H34N4O6/c1-29(2,3)39-27(35)32-22(24-6-5-13-37-24)16-26(34)31-21(17-30)14-18-7-9-19(10-8-18)20-11-12-25-23(15-20)33(4)28(36)38-25/h7-12,15,21-22,24H,5-6,13-14,16H2,1-4H3,(H,31,34)(H,32,35)/t21-,22+,24?/m0/s1. The fourth-order valence-corrected chi connectivity index (χ4v) is 4.61. The number of rotatable bonds is 8. The van der Waals surface area contributed by atoms with Gasteiger partial charge in [0.15, 0.2) is 5.58 Å². The second-order valence-electron chi connectivity index (χ2n) is 10.8. The molecule has 206 valence electrons. The molecular formula is C29H34N4O6. The zero-order chi connectivity index (χ0) is 28.2. The minimum absolute atomic E-state index is 0.0278. The van der Waals surface area contributed by atoms with Crippen LogP contribution in [-0.2, 0) is 27.7 Å². The highest BCUT2D eigenvalue weighted by atomic mass is 16.6. The predicted molar refractivity (Wildman–Crippen MR) is 145 cm³/mol. The molecule has 3 atom stereocenters. The molecule has 10 heteroatoms. The molecule has 2 N–H and O–H groups in total. The van der Waals surface area contributed by atoms with Crippen LogP contribution in [0, 0.1) is 11.3 Å². The Balaban J connectivity index is 1.37. The van der Waals surface area contributed by atoms with Crippen molar-refractivity contribution in [1.29, 1.82) is 5.26 Å². The van der Waals surface area contributed by atoms with Gasteiger partial charge in [0, 0.05) is 26.5 Å². The smallest absolute Gasteiger partial charge is 0.419 e. The third-order valence-electron chi connectivity index (χ3n) is 6.53. The normalized spacial score (nSPS) is 16.8. The van der Waals surface area contributed by atoms with E-state index in [0.717, 1.165) is 29.5 Å². The van der Waals surface area contributed by atoms with Gasteiger partial charge in [-0.1, -0.05) is 30.3 Å². The van der Waals surface area contributed by atoms with Crippen molar-refractivity contribution in [3.63, 3.8) is 0 Å². The SMILES string of the molecule is Cn1c(=O)oc2ccc(-c3ccc(C[C@@H](C#N)NC(=O)C[C@@H](NC(=O)OC(C)(C)C)C4CCCO4)cc3)cc21. The number of hydrogen-bond acceptors (Lipinski definition) is 7. The molecule has 39 heavy (non-hydrogen) atoms. The van der Waals surface area contributed by atoms with Gasteiger partial charge in [0.2, 0.25) is 5.91 Å². The van der Waals surface area contributed by atoms with Crippen LogP contribution in [-0.4, -0.2) is 47.0 Å². The van der Waals surface area contributed by atoms with E-state index in [0.29, 0.717) is 24.1 Å². The highest BCUT2D eigenvalue weighted by Crippen LogP contribution is 2.25. The van der Waals surface area contributed by atoms with Crippen molar-refractivity contribution in [2.75, 3.05) is 6.61 Å². The van der Waals surface area contributed by atoms with E-state index < -0.39 is 29.5 Å². The lowest BCUT2D eigenvalue weighted by atomic mass is 10.00. The topological polar surface area (TPSA) is 136 Å². The molecule has 0 spiro atoms. The number of oxazole rings is 1. The minimum Gasteiger partial charge on any atom is -0.444 e. The van der Waals surface area contributed by atoms with Gasteiger partial charge in [0.1, 0.15) is 11.6 Å². The number of amides is 2. The molecule has 2 heterocycles. The lowest BCUT2D eigenvalue weighted by Gasteiger charge is -2.26. The second kappa shape index (κ2) is 11.7. The molecule has 2 amide bonds. The summed E-state index contributed by atoms with van der Waals surface area (Å²) < 4.78 is 17.7. The number of ether oxygens (including phenoxy) is 2. The van der Waals surface area contributed by atoms with Gasteiger partial charge < -0.3 is 24.5 Å². The number of alkyl carbamates (subject to hydrolysis) is 1. The first-order chi connectivity index (χ1) is 18.5. The monoisotopic (exact) mass is 534 g/mol. The van der Waals surface area contributed by atoms with Gasteiger partial charge in [-0.2, -0.15) is 5.26 Å². The molecule has 0 bridgehead atoms. The van der Waals surface area contributed by atoms with Crippen molar-refractivity contribution in [2.24, 2.45) is 7.05 Å². The Kier molecular flexibility index (Phi) is 8.41. The van der Waals surface area contributed by atoms with Crippen LogP contribution in [0.15, 0.2) is 51.7 Å². The Labute approximate surface area is 226 Å².